The van der Waals surface area contributed by atoms with Crippen LogP contribution in [0.4, 0.5) is 13.6 Å². The lowest BCUT2D eigenvalue weighted by molar-refractivity contribution is -0.145. The highest BCUT2D eigenvalue weighted by molar-refractivity contribution is 5.74. The van der Waals surface area contributed by atoms with Gasteiger partial charge in [0.15, 0.2) is 0 Å². The fourth-order valence-electron chi connectivity index (χ4n) is 2.70. The van der Waals surface area contributed by atoms with Crippen LogP contribution in [0.25, 0.3) is 0 Å². The summed E-state index contributed by atoms with van der Waals surface area (Å²) in [5.74, 6) is -5.01. The molecule has 0 aromatic rings. The van der Waals surface area contributed by atoms with Gasteiger partial charge in [-0.25, -0.2) is 13.6 Å². The Morgan fingerprint density at radius 3 is 2.30 bits per heavy atom. The van der Waals surface area contributed by atoms with Gasteiger partial charge in [0, 0.05) is 19.5 Å². The molecular formula is C13H19F2NO4. The van der Waals surface area contributed by atoms with Crippen LogP contribution in [-0.4, -0.2) is 46.7 Å². The highest BCUT2D eigenvalue weighted by atomic mass is 19.3. The zero-order valence-electron chi connectivity index (χ0n) is 11.8. The van der Waals surface area contributed by atoms with Gasteiger partial charge in [-0.05, 0) is 27.2 Å². The van der Waals surface area contributed by atoms with Crippen LogP contribution in [0.5, 0.6) is 0 Å². The van der Waals surface area contributed by atoms with Gasteiger partial charge in [-0.2, -0.15) is 0 Å². The van der Waals surface area contributed by atoms with E-state index >= 15 is 0 Å². The molecule has 1 heterocycles. The Kier molecular flexibility index (Phi) is 3.22. The van der Waals surface area contributed by atoms with Crippen LogP contribution in [0.1, 0.15) is 33.6 Å². The molecule has 1 saturated carbocycles. The van der Waals surface area contributed by atoms with Crippen LogP contribution < -0.4 is 0 Å². The molecule has 1 N–H and O–H groups in total. The molecule has 1 saturated heterocycles. The standard InChI is InChI=1S/C13H19F2NO4/c1-11(2,3)20-10(19)16-5-8(9(17)18)4-12(7-16)6-13(12,14)15/h8H,4-7H2,1-3H3,(H,17,18). The third kappa shape index (κ3) is 2.71. The molecule has 2 aliphatic rings. The second-order valence-electron chi connectivity index (χ2n) is 6.76. The molecule has 2 unspecified atom stereocenters. The van der Waals surface area contributed by atoms with Crippen molar-refractivity contribution in [2.45, 2.75) is 45.1 Å². The topological polar surface area (TPSA) is 66.8 Å². The van der Waals surface area contributed by atoms with Gasteiger partial charge in [0.05, 0.1) is 11.3 Å². The average molecular weight is 291 g/mol. The molecule has 0 aromatic heterocycles. The van der Waals surface area contributed by atoms with Crippen molar-refractivity contribution >= 4 is 12.1 Å². The summed E-state index contributed by atoms with van der Waals surface area (Å²) in [4.78, 5) is 24.2. The summed E-state index contributed by atoms with van der Waals surface area (Å²) < 4.78 is 32.2. The molecule has 0 aromatic carbocycles. The maximum atomic E-state index is 13.5. The van der Waals surface area contributed by atoms with Crippen molar-refractivity contribution in [3.8, 4) is 0 Å². The Bertz CT molecular complexity index is 446. The summed E-state index contributed by atoms with van der Waals surface area (Å²) in [5, 5.41) is 9.08. The number of likely N-dealkylation sites (tertiary alicyclic amines) is 1. The van der Waals surface area contributed by atoms with Crippen molar-refractivity contribution < 1.29 is 28.2 Å². The van der Waals surface area contributed by atoms with E-state index in [2.05, 4.69) is 0 Å². The zero-order chi connectivity index (χ0) is 15.3. The van der Waals surface area contributed by atoms with Crippen LogP contribution in [0, 0.1) is 11.3 Å². The number of carboxylic acids is 1. The first kappa shape index (κ1) is 15.0. The van der Waals surface area contributed by atoms with Crippen molar-refractivity contribution in [2.24, 2.45) is 11.3 Å². The monoisotopic (exact) mass is 291 g/mol. The first-order valence-corrected chi connectivity index (χ1v) is 6.54. The lowest BCUT2D eigenvalue weighted by Gasteiger charge is -2.37. The first-order valence-electron chi connectivity index (χ1n) is 6.54. The number of halogens is 2. The van der Waals surface area contributed by atoms with Crippen molar-refractivity contribution in [1.82, 2.24) is 4.90 Å². The van der Waals surface area contributed by atoms with E-state index in [4.69, 9.17) is 9.84 Å². The fraction of sp³-hybridized carbons (Fsp3) is 0.846. The van der Waals surface area contributed by atoms with Crippen LogP contribution in [0.15, 0.2) is 0 Å². The van der Waals surface area contributed by atoms with Crippen LogP contribution >= 0.6 is 0 Å². The van der Waals surface area contributed by atoms with Gasteiger partial charge in [-0.15, -0.1) is 0 Å². The van der Waals surface area contributed by atoms with E-state index in [1.165, 1.54) is 0 Å². The number of carbonyl (C=O) groups is 2. The van der Waals surface area contributed by atoms with E-state index in [1.807, 2.05) is 0 Å². The number of carboxylic acid groups (broad SMARTS) is 1. The molecular weight excluding hydrogens is 272 g/mol. The van der Waals surface area contributed by atoms with Crippen LogP contribution in [-0.2, 0) is 9.53 Å². The summed E-state index contributed by atoms with van der Waals surface area (Å²) in [7, 11) is 0. The summed E-state index contributed by atoms with van der Waals surface area (Å²) in [5.41, 5.74) is -2.13. The number of aliphatic carboxylic acids is 1. The van der Waals surface area contributed by atoms with Gasteiger partial charge >= 0.3 is 12.1 Å². The Hall–Kier alpha value is -1.40. The maximum absolute atomic E-state index is 13.5. The lowest BCUT2D eigenvalue weighted by atomic mass is 9.86. The SMILES string of the molecule is CC(C)(C)OC(=O)N1CC(C(=O)O)CC2(C1)CC2(F)F. The number of nitrogens with zero attached hydrogens (tertiary/aromatic N) is 1. The van der Waals surface area contributed by atoms with Crippen molar-refractivity contribution in [1.29, 1.82) is 0 Å². The van der Waals surface area contributed by atoms with E-state index in [1.54, 1.807) is 20.8 Å². The Morgan fingerprint density at radius 2 is 1.90 bits per heavy atom. The van der Waals surface area contributed by atoms with Gasteiger partial charge in [-0.3, -0.25) is 4.79 Å². The highest BCUT2D eigenvalue weighted by Crippen LogP contribution is 2.65. The van der Waals surface area contributed by atoms with Gasteiger partial charge < -0.3 is 14.7 Å². The van der Waals surface area contributed by atoms with E-state index in [0.717, 1.165) is 4.90 Å². The zero-order valence-corrected chi connectivity index (χ0v) is 11.8. The van der Waals surface area contributed by atoms with Gasteiger partial charge in [0.1, 0.15) is 5.60 Å². The van der Waals surface area contributed by atoms with Crippen molar-refractivity contribution in [3.05, 3.63) is 0 Å². The smallest absolute Gasteiger partial charge is 0.410 e. The molecule has 2 fully saturated rings. The second-order valence-corrected chi connectivity index (χ2v) is 6.76. The predicted octanol–water partition coefficient (Wildman–Crippen LogP) is 2.35. The normalized spacial score (nSPS) is 32.0. The fourth-order valence-corrected chi connectivity index (χ4v) is 2.70. The Morgan fingerprint density at radius 1 is 1.35 bits per heavy atom. The minimum Gasteiger partial charge on any atom is -0.481 e. The second kappa shape index (κ2) is 4.30. The molecule has 7 heteroatoms. The van der Waals surface area contributed by atoms with E-state index in [9.17, 15) is 18.4 Å². The van der Waals surface area contributed by atoms with Crippen molar-refractivity contribution in [2.75, 3.05) is 13.1 Å². The molecule has 0 bridgehead atoms. The number of piperidine rings is 1. The minimum absolute atomic E-state index is 0.0813. The molecule has 2 atom stereocenters. The summed E-state index contributed by atoms with van der Waals surface area (Å²) in [6.45, 7) is 4.79. The summed E-state index contributed by atoms with van der Waals surface area (Å²) in [6, 6.07) is 0. The van der Waals surface area contributed by atoms with Gasteiger partial charge in [-0.1, -0.05) is 0 Å². The number of carbonyl (C=O) groups excluding carboxylic acids is 1. The number of alkyl halides is 2. The predicted molar refractivity (Wildman–Crippen MR) is 65.5 cm³/mol. The van der Waals surface area contributed by atoms with Gasteiger partial charge in [0.2, 0.25) is 0 Å². The molecule has 1 aliphatic carbocycles. The molecule has 1 amide bonds. The largest absolute Gasteiger partial charge is 0.481 e. The number of hydrogen-bond donors (Lipinski definition) is 1. The number of rotatable bonds is 1. The Balaban J connectivity index is 2.13. The number of hydrogen-bond acceptors (Lipinski definition) is 3. The highest BCUT2D eigenvalue weighted by Gasteiger charge is 2.73. The first-order chi connectivity index (χ1) is 8.96. The third-order valence-corrected chi connectivity index (χ3v) is 3.78. The molecule has 20 heavy (non-hydrogen) atoms. The molecule has 0 radical (unpaired) electrons. The van der Waals surface area contributed by atoms with Crippen molar-refractivity contribution in [3.63, 3.8) is 0 Å². The molecule has 1 aliphatic heterocycles. The molecule has 5 nitrogen and oxygen atoms in total. The van der Waals surface area contributed by atoms with E-state index < -0.39 is 34.9 Å². The van der Waals surface area contributed by atoms with Crippen LogP contribution in [0.3, 0.4) is 0 Å². The molecule has 2 rings (SSSR count). The summed E-state index contributed by atoms with van der Waals surface area (Å²) >= 11 is 0. The lowest BCUT2D eigenvalue weighted by Crippen LogP contribution is -2.50. The number of amides is 1. The van der Waals surface area contributed by atoms with Gasteiger partial charge in [0.25, 0.3) is 5.92 Å². The average Bonchev–Trinajstić information content (AvgIpc) is 2.75. The summed E-state index contributed by atoms with van der Waals surface area (Å²) in [6.07, 6.45) is -1.18. The third-order valence-electron chi connectivity index (χ3n) is 3.78. The maximum Gasteiger partial charge on any atom is 0.410 e. The van der Waals surface area contributed by atoms with Crippen LogP contribution in [0.2, 0.25) is 0 Å². The number of ether oxygens (including phenoxy) is 1. The molecule has 114 valence electrons. The van der Waals surface area contributed by atoms with E-state index in [0.29, 0.717) is 0 Å². The Labute approximate surface area is 115 Å². The molecule has 1 spiro atoms. The minimum atomic E-state index is -2.89. The quantitative estimate of drug-likeness (QED) is 0.805. The van der Waals surface area contributed by atoms with E-state index in [-0.39, 0.29) is 25.9 Å².